The smallest absolute Gasteiger partial charge is 0.430 e. The van der Waals surface area contributed by atoms with Gasteiger partial charge in [0.05, 0.1) is 5.41 Å². The highest BCUT2D eigenvalue weighted by molar-refractivity contribution is 6.10. The van der Waals surface area contributed by atoms with Gasteiger partial charge in [0.1, 0.15) is 17.2 Å². The lowest BCUT2D eigenvalue weighted by Gasteiger charge is -2.52. The van der Waals surface area contributed by atoms with E-state index >= 15 is 0 Å². The van der Waals surface area contributed by atoms with Crippen LogP contribution >= 0.6 is 0 Å². The number of aliphatic imine (C=N–C) groups is 1. The number of hydrogen-bond acceptors (Lipinski definition) is 4. The fourth-order valence-electron chi connectivity index (χ4n) is 3.79. The van der Waals surface area contributed by atoms with Crippen molar-refractivity contribution in [3.63, 3.8) is 0 Å². The Morgan fingerprint density at radius 1 is 1.22 bits per heavy atom. The van der Waals surface area contributed by atoms with E-state index in [-0.39, 0.29) is 6.54 Å². The summed E-state index contributed by atoms with van der Waals surface area (Å²) in [5.74, 6) is -5.54. The third-order valence-electron chi connectivity index (χ3n) is 5.57. The Kier molecular flexibility index (Phi) is 6.62. The number of carboxylic acid groups (broad SMARTS) is 2. The second-order valence-electron chi connectivity index (χ2n) is 6.88. The molecule has 0 saturated carbocycles. The van der Waals surface area contributed by atoms with Gasteiger partial charge in [0.25, 0.3) is 6.43 Å². The van der Waals surface area contributed by atoms with Crippen molar-refractivity contribution in [3.8, 4) is 0 Å². The Labute approximate surface area is 153 Å². The summed E-state index contributed by atoms with van der Waals surface area (Å²) >= 11 is 0. The Hall–Kier alpha value is -1.78. The Balaban J connectivity index is 3.98. The molecule has 11 heteroatoms. The predicted molar refractivity (Wildman–Crippen MR) is 86.0 cm³/mol. The topological polar surface area (TPSA) is 90.2 Å². The summed E-state index contributed by atoms with van der Waals surface area (Å²) in [5, 5.41) is 19.4. The molecule has 0 fully saturated rings. The summed E-state index contributed by atoms with van der Waals surface area (Å²) in [4.78, 5) is 28.4. The van der Waals surface area contributed by atoms with E-state index in [0.29, 0.717) is 0 Å². The molecule has 0 aromatic heterocycles. The first-order valence-electron chi connectivity index (χ1n) is 8.30. The van der Waals surface area contributed by atoms with Gasteiger partial charge >= 0.3 is 18.1 Å². The number of alkyl halides is 5. The number of aliphatic carboxylic acids is 2. The molecule has 2 N–H and O–H groups in total. The van der Waals surface area contributed by atoms with Crippen LogP contribution in [0.2, 0.25) is 0 Å². The van der Waals surface area contributed by atoms with Crippen molar-refractivity contribution in [2.45, 2.75) is 45.8 Å². The average molecular weight is 402 g/mol. The van der Waals surface area contributed by atoms with Crippen LogP contribution in [0.25, 0.3) is 0 Å². The second-order valence-corrected chi connectivity index (χ2v) is 6.88. The van der Waals surface area contributed by atoms with Crippen LogP contribution in [-0.2, 0) is 9.59 Å². The lowest BCUT2D eigenvalue weighted by Crippen LogP contribution is -2.66. The first kappa shape index (κ1) is 23.3. The largest absolute Gasteiger partial charge is 0.481 e. The summed E-state index contributed by atoms with van der Waals surface area (Å²) in [5.41, 5.74) is -7.13. The Morgan fingerprint density at radius 2 is 1.74 bits per heavy atom. The van der Waals surface area contributed by atoms with E-state index in [9.17, 15) is 41.8 Å². The molecule has 4 atom stereocenters. The molecule has 1 heterocycles. The molecule has 0 bridgehead atoms. The number of hydrogen-bond donors (Lipinski definition) is 2. The Bertz CT molecular complexity index is 624. The van der Waals surface area contributed by atoms with Crippen LogP contribution in [0.1, 0.15) is 27.2 Å². The molecule has 0 saturated heterocycles. The van der Waals surface area contributed by atoms with Crippen LogP contribution in [0.5, 0.6) is 0 Å². The summed E-state index contributed by atoms with van der Waals surface area (Å²) in [6.45, 7) is 3.45. The van der Waals surface area contributed by atoms with Crippen molar-refractivity contribution >= 4 is 17.7 Å². The van der Waals surface area contributed by atoms with Crippen molar-refractivity contribution in [1.82, 2.24) is 4.90 Å². The summed E-state index contributed by atoms with van der Waals surface area (Å²) in [7, 11) is 1.45. The van der Waals surface area contributed by atoms with E-state index < -0.39 is 66.0 Å². The minimum atomic E-state index is -5.30. The van der Waals surface area contributed by atoms with Crippen LogP contribution in [0.15, 0.2) is 4.99 Å². The first-order valence-corrected chi connectivity index (χ1v) is 8.30. The minimum absolute atomic E-state index is 0.253. The first-order chi connectivity index (χ1) is 12.2. The van der Waals surface area contributed by atoms with Crippen molar-refractivity contribution < 1.29 is 41.8 Å². The van der Waals surface area contributed by atoms with Gasteiger partial charge in [-0.2, -0.15) is 13.2 Å². The third-order valence-corrected chi connectivity index (χ3v) is 5.57. The zero-order chi connectivity index (χ0) is 21.4. The summed E-state index contributed by atoms with van der Waals surface area (Å²) < 4.78 is 68.2. The van der Waals surface area contributed by atoms with E-state index in [1.165, 1.54) is 11.9 Å². The standard InChI is InChI=1S/C16H23F5N2O4/c1-5-15(13(26)27)8(7-23(4)6-2)14(3,12(24)25)9(10(17)18)22-11(15)16(19,20)21/h8-10H,5-7H2,1-4H3,(H,24,25)(H,26,27). The quantitative estimate of drug-likeness (QED) is 0.639. The number of rotatable bonds is 7. The summed E-state index contributed by atoms with van der Waals surface area (Å²) in [6, 6.07) is -2.53. The minimum Gasteiger partial charge on any atom is -0.481 e. The molecule has 0 aromatic carbocycles. The van der Waals surface area contributed by atoms with Crippen LogP contribution in [0, 0.1) is 16.7 Å². The molecule has 0 amide bonds. The van der Waals surface area contributed by atoms with Gasteiger partial charge in [0.2, 0.25) is 0 Å². The van der Waals surface area contributed by atoms with E-state index in [4.69, 9.17) is 0 Å². The Morgan fingerprint density at radius 3 is 2.04 bits per heavy atom. The molecule has 1 aliphatic heterocycles. The van der Waals surface area contributed by atoms with Crippen LogP contribution in [0.4, 0.5) is 22.0 Å². The highest BCUT2D eigenvalue weighted by Crippen LogP contribution is 2.55. The van der Waals surface area contributed by atoms with Gasteiger partial charge in [0, 0.05) is 12.5 Å². The predicted octanol–water partition coefficient (Wildman–Crippen LogP) is 2.78. The zero-order valence-electron chi connectivity index (χ0n) is 15.3. The molecular weight excluding hydrogens is 379 g/mol. The SMILES string of the molecule is CCN(C)CC1C(CC)(C(=O)O)C(C(F)(F)F)=NC(C(F)F)C1(C)C(=O)O. The normalized spacial score (nSPS) is 31.9. The maximum Gasteiger partial charge on any atom is 0.430 e. The molecule has 6 nitrogen and oxygen atoms in total. The van der Waals surface area contributed by atoms with Gasteiger partial charge in [-0.25, -0.2) is 8.78 Å². The number of nitrogens with zero attached hydrogens (tertiary/aromatic N) is 2. The monoisotopic (exact) mass is 402 g/mol. The third kappa shape index (κ3) is 3.65. The van der Waals surface area contributed by atoms with Crippen LogP contribution in [0.3, 0.4) is 0 Å². The number of halogens is 5. The van der Waals surface area contributed by atoms with E-state index in [1.54, 1.807) is 6.92 Å². The molecule has 0 aromatic rings. The molecule has 1 rings (SSSR count). The summed E-state index contributed by atoms with van der Waals surface area (Å²) in [6.07, 6.45) is -9.46. The van der Waals surface area contributed by atoms with Crippen molar-refractivity contribution in [2.24, 2.45) is 21.7 Å². The molecule has 156 valence electrons. The van der Waals surface area contributed by atoms with Crippen LogP contribution in [-0.4, -0.2) is 71.5 Å². The molecule has 27 heavy (non-hydrogen) atoms. The van der Waals surface area contributed by atoms with Gasteiger partial charge in [-0.1, -0.05) is 13.8 Å². The van der Waals surface area contributed by atoms with Crippen LogP contribution < -0.4 is 0 Å². The van der Waals surface area contributed by atoms with Gasteiger partial charge in [-0.3, -0.25) is 14.6 Å². The molecule has 0 radical (unpaired) electrons. The molecule has 4 unspecified atom stereocenters. The lowest BCUT2D eigenvalue weighted by molar-refractivity contribution is -0.173. The maximum absolute atomic E-state index is 13.7. The molecular formula is C16H23F5N2O4. The average Bonchev–Trinajstić information content (AvgIpc) is 2.54. The van der Waals surface area contributed by atoms with Gasteiger partial charge in [-0.15, -0.1) is 0 Å². The number of carbonyl (C=O) groups is 2. The van der Waals surface area contributed by atoms with Gasteiger partial charge < -0.3 is 15.1 Å². The zero-order valence-corrected chi connectivity index (χ0v) is 15.3. The number of carboxylic acids is 2. The fraction of sp³-hybridized carbons (Fsp3) is 0.812. The van der Waals surface area contributed by atoms with Gasteiger partial charge in [-0.05, 0) is 26.9 Å². The van der Waals surface area contributed by atoms with E-state index in [0.717, 1.165) is 13.8 Å². The van der Waals surface area contributed by atoms with E-state index in [1.807, 2.05) is 0 Å². The van der Waals surface area contributed by atoms with E-state index in [2.05, 4.69) is 4.99 Å². The lowest BCUT2D eigenvalue weighted by atomic mass is 9.54. The van der Waals surface area contributed by atoms with Crippen molar-refractivity contribution in [3.05, 3.63) is 0 Å². The molecule has 1 aliphatic rings. The van der Waals surface area contributed by atoms with Crippen molar-refractivity contribution in [2.75, 3.05) is 20.1 Å². The highest BCUT2D eigenvalue weighted by Gasteiger charge is 2.70. The molecule has 0 aliphatic carbocycles. The van der Waals surface area contributed by atoms with Crippen molar-refractivity contribution in [1.29, 1.82) is 0 Å². The van der Waals surface area contributed by atoms with Gasteiger partial charge in [0.15, 0.2) is 0 Å². The second kappa shape index (κ2) is 7.69. The fourth-order valence-corrected chi connectivity index (χ4v) is 3.79. The maximum atomic E-state index is 13.7. The highest BCUT2D eigenvalue weighted by atomic mass is 19.4. The molecule has 0 spiro atoms.